The van der Waals surface area contributed by atoms with E-state index in [0.29, 0.717) is 11.1 Å². The summed E-state index contributed by atoms with van der Waals surface area (Å²) < 4.78 is 0. The molecule has 0 heterocycles. The molecule has 0 atom stereocenters. The van der Waals surface area contributed by atoms with Crippen LogP contribution >= 0.6 is 13.5 Å². The highest BCUT2D eigenvalue weighted by atomic mass is 32.1. The van der Waals surface area contributed by atoms with Gasteiger partial charge in [0.15, 0.2) is 0 Å². The van der Waals surface area contributed by atoms with E-state index in [0.717, 1.165) is 0 Å². The Labute approximate surface area is 117 Å². The topological polar surface area (TPSA) is 74.6 Å². The maximum atomic E-state index is 10.2. The Bertz CT molecular complexity index is 462. The molecule has 5 heteroatoms. The summed E-state index contributed by atoms with van der Waals surface area (Å²) in [5.74, 6) is -1.76. The van der Waals surface area contributed by atoms with Gasteiger partial charge in [-0.15, -0.1) is 0 Å². The van der Waals surface area contributed by atoms with Gasteiger partial charge in [0, 0.05) is 0 Å². The number of carboxylic acids is 2. The van der Waals surface area contributed by atoms with Gasteiger partial charge in [-0.05, 0) is 24.3 Å². The third kappa shape index (κ3) is 6.28. The Morgan fingerprint density at radius 3 is 1.05 bits per heavy atom. The van der Waals surface area contributed by atoms with E-state index in [2.05, 4.69) is 0 Å². The fraction of sp³-hybridized carbons (Fsp3) is 0. The van der Waals surface area contributed by atoms with E-state index < -0.39 is 11.9 Å². The highest BCUT2D eigenvalue weighted by Gasteiger charge is 1.97. The van der Waals surface area contributed by atoms with Crippen LogP contribution in [0, 0.1) is 0 Å². The van der Waals surface area contributed by atoms with Crippen LogP contribution in [-0.4, -0.2) is 22.2 Å². The van der Waals surface area contributed by atoms with E-state index in [1.165, 1.54) is 0 Å². The Balaban J connectivity index is 0.000000324. The van der Waals surface area contributed by atoms with Gasteiger partial charge < -0.3 is 10.2 Å². The normalized spacial score (nSPS) is 8.42. The zero-order chi connectivity index (χ0) is 13.4. The summed E-state index contributed by atoms with van der Waals surface area (Å²) >= 11 is 0. The minimum Gasteiger partial charge on any atom is -0.478 e. The van der Waals surface area contributed by atoms with Gasteiger partial charge in [0.1, 0.15) is 0 Å². The molecule has 0 saturated heterocycles. The Morgan fingerprint density at radius 2 is 0.895 bits per heavy atom. The lowest BCUT2D eigenvalue weighted by atomic mass is 10.2. The van der Waals surface area contributed by atoms with Crippen molar-refractivity contribution in [2.24, 2.45) is 0 Å². The molecule has 0 aliphatic rings. The summed E-state index contributed by atoms with van der Waals surface area (Å²) in [6.45, 7) is 0. The molecule has 2 aromatic rings. The standard InChI is InChI=1S/2C7H6O2.H2S/c2*8-7(9)6-4-2-1-3-5-6;/h2*1-5H,(H,8,9);1H2. The van der Waals surface area contributed by atoms with Gasteiger partial charge >= 0.3 is 11.9 Å². The van der Waals surface area contributed by atoms with Gasteiger partial charge in [-0.3, -0.25) is 0 Å². The van der Waals surface area contributed by atoms with Gasteiger partial charge in [-0.2, -0.15) is 13.5 Å². The van der Waals surface area contributed by atoms with E-state index in [9.17, 15) is 9.59 Å². The molecule has 2 aromatic carbocycles. The van der Waals surface area contributed by atoms with Crippen molar-refractivity contribution in [2.75, 3.05) is 0 Å². The molecule has 4 nitrogen and oxygen atoms in total. The highest BCUT2D eigenvalue weighted by Crippen LogP contribution is 1.96. The van der Waals surface area contributed by atoms with Crippen molar-refractivity contribution in [2.45, 2.75) is 0 Å². The van der Waals surface area contributed by atoms with Crippen molar-refractivity contribution in [1.29, 1.82) is 0 Å². The molecule has 0 radical (unpaired) electrons. The second-order valence-corrected chi connectivity index (χ2v) is 3.34. The Hall–Kier alpha value is -2.27. The number of hydrogen-bond donors (Lipinski definition) is 2. The van der Waals surface area contributed by atoms with Crippen LogP contribution in [-0.2, 0) is 0 Å². The summed E-state index contributed by atoms with van der Waals surface area (Å²) in [4.78, 5) is 20.4. The van der Waals surface area contributed by atoms with E-state index in [-0.39, 0.29) is 13.5 Å². The summed E-state index contributed by atoms with van der Waals surface area (Å²) in [6, 6.07) is 16.6. The first-order valence-corrected chi connectivity index (χ1v) is 5.18. The number of benzene rings is 2. The van der Waals surface area contributed by atoms with Crippen LogP contribution in [0.1, 0.15) is 20.7 Å². The second kappa shape index (κ2) is 8.77. The number of rotatable bonds is 2. The van der Waals surface area contributed by atoms with Crippen molar-refractivity contribution in [3.8, 4) is 0 Å². The first kappa shape index (κ1) is 16.7. The number of hydrogen-bond acceptors (Lipinski definition) is 2. The molecule has 2 rings (SSSR count). The third-order valence-electron chi connectivity index (χ3n) is 2.04. The maximum absolute atomic E-state index is 10.2. The van der Waals surface area contributed by atoms with E-state index in [1.54, 1.807) is 60.7 Å². The summed E-state index contributed by atoms with van der Waals surface area (Å²) in [6.07, 6.45) is 0. The molecular formula is C14H14O4S. The lowest BCUT2D eigenvalue weighted by molar-refractivity contribution is 0.0686. The van der Waals surface area contributed by atoms with Crippen LogP contribution in [0.4, 0.5) is 0 Å². The maximum Gasteiger partial charge on any atom is 0.335 e. The number of carbonyl (C=O) groups is 2. The summed E-state index contributed by atoms with van der Waals surface area (Å²) in [5.41, 5.74) is 0.662. The molecular weight excluding hydrogens is 264 g/mol. The monoisotopic (exact) mass is 278 g/mol. The molecule has 2 N–H and O–H groups in total. The molecule has 0 aliphatic carbocycles. The number of carboxylic acid groups (broad SMARTS) is 2. The van der Waals surface area contributed by atoms with Crippen molar-refractivity contribution >= 4 is 25.4 Å². The molecule has 0 bridgehead atoms. The molecule has 0 aromatic heterocycles. The van der Waals surface area contributed by atoms with Crippen LogP contribution in [0.3, 0.4) is 0 Å². The van der Waals surface area contributed by atoms with E-state index >= 15 is 0 Å². The first-order valence-electron chi connectivity index (χ1n) is 5.18. The lowest BCUT2D eigenvalue weighted by Gasteiger charge is -1.88. The van der Waals surface area contributed by atoms with Crippen molar-refractivity contribution in [3.05, 3.63) is 71.8 Å². The van der Waals surface area contributed by atoms with Crippen LogP contribution in [0.15, 0.2) is 60.7 Å². The third-order valence-corrected chi connectivity index (χ3v) is 2.04. The van der Waals surface area contributed by atoms with Gasteiger partial charge in [-0.25, -0.2) is 9.59 Å². The average molecular weight is 278 g/mol. The van der Waals surface area contributed by atoms with Crippen molar-refractivity contribution in [1.82, 2.24) is 0 Å². The van der Waals surface area contributed by atoms with E-state index in [4.69, 9.17) is 10.2 Å². The minimum absolute atomic E-state index is 0. The fourth-order valence-electron chi connectivity index (χ4n) is 1.16. The van der Waals surface area contributed by atoms with Gasteiger partial charge in [0.05, 0.1) is 11.1 Å². The molecule has 0 spiro atoms. The predicted octanol–water partition coefficient (Wildman–Crippen LogP) is 2.88. The predicted molar refractivity (Wildman–Crippen MR) is 77.2 cm³/mol. The van der Waals surface area contributed by atoms with Crippen LogP contribution < -0.4 is 0 Å². The quantitative estimate of drug-likeness (QED) is 0.885. The average Bonchev–Trinajstić information content (AvgIpc) is 2.41. The molecule has 0 fully saturated rings. The van der Waals surface area contributed by atoms with Crippen molar-refractivity contribution < 1.29 is 19.8 Å². The SMILES string of the molecule is O=C(O)c1ccccc1.O=C(O)c1ccccc1.S. The summed E-state index contributed by atoms with van der Waals surface area (Å²) in [5, 5.41) is 16.8. The first-order chi connectivity index (χ1) is 8.61. The van der Waals surface area contributed by atoms with Gasteiger partial charge in [0.2, 0.25) is 0 Å². The van der Waals surface area contributed by atoms with Gasteiger partial charge in [-0.1, -0.05) is 36.4 Å². The molecule has 0 aliphatic heterocycles. The Kier molecular flexibility index (Phi) is 7.72. The largest absolute Gasteiger partial charge is 0.478 e. The Morgan fingerprint density at radius 1 is 0.632 bits per heavy atom. The zero-order valence-corrected chi connectivity index (χ0v) is 11.0. The smallest absolute Gasteiger partial charge is 0.335 e. The fourth-order valence-corrected chi connectivity index (χ4v) is 1.16. The molecule has 0 saturated carbocycles. The van der Waals surface area contributed by atoms with Crippen LogP contribution in [0.25, 0.3) is 0 Å². The molecule has 19 heavy (non-hydrogen) atoms. The van der Waals surface area contributed by atoms with Gasteiger partial charge in [0.25, 0.3) is 0 Å². The van der Waals surface area contributed by atoms with Crippen LogP contribution in [0.5, 0.6) is 0 Å². The minimum atomic E-state index is -0.879. The second-order valence-electron chi connectivity index (χ2n) is 3.34. The van der Waals surface area contributed by atoms with E-state index in [1.807, 2.05) is 0 Å². The summed E-state index contributed by atoms with van der Waals surface area (Å²) in [7, 11) is 0. The lowest BCUT2D eigenvalue weighted by Crippen LogP contribution is -1.93. The molecule has 100 valence electrons. The highest BCUT2D eigenvalue weighted by molar-refractivity contribution is 7.59. The molecule has 0 amide bonds. The van der Waals surface area contributed by atoms with Crippen molar-refractivity contribution in [3.63, 3.8) is 0 Å². The zero-order valence-electron chi connectivity index (χ0n) is 9.98. The van der Waals surface area contributed by atoms with Crippen LogP contribution in [0.2, 0.25) is 0 Å². The number of aromatic carboxylic acids is 2. The molecule has 0 unspecified atom stereocenters.